The highest BCUT2D eigenvalue weighted by Crippen LogP contribution is 2.42. The summed E-state index contributed by atoms with van der Waals surface area (Å²) in [5.74, 6) is 1.52. The van der Waals surface area contributed by atoms with Gasteiger partial charge in [0.2, 0.25) is 0 Å². The number of benzene rings is 1. The molecule has 0 N–H and O–H groups in total. The van der Waals surface area contributed by atoms with E-state index in [1.165, 1.54) is 0 Å². The van der Waals surface area contributed by atoms with Gasteiger partial charge in [0.15, 0.2) is 5.76 Å². The first-order valence-electron chi connectivity index (χ1n) is 12.0. The highest BCUT2D eigenvalue weighted by molar-refractivity contribution is 5.95. The van der Waals surface area contributed by atoms with E-state index in [0.29, 0.717) is 34.9 Å². The Morgan fingerprint density at radius 3 is 2.62 bits per heavy atom. The van der Waals surface area contributed by atoms with Crippen LogP contribution in [0.15, 0.2) is 53.2 Å². The number of hydrogen-bond donors (Lipinski definition) is 0. The lowest BCUT2D eigenvalue weighted by Gasteiger charge is -2.36. The number of rotatable bonds is 5. The van der Waals surface area contributed by atoms with Crippen molar-refractivity contribution in [3.05, 3.63) is 60.0 Å². The summed E-state index contributed by atoms with van der Waals surface area (Å²) in [4.78, 5) is 27.1. The number of carbonyl (C=O) groups excluding carboxylic acids is 1. The molecule has 2 aliphatic rings. The summed E-state index contributed by atoms with van der Waals surface area (Å²) in [7, 11) is 0. The van der Waals surface area contributed by atoms with Crippen molar-refractivity contribution in [2.45, 2.75) is 38.6 Å². The van der Waals surface area contributed by atoms with Crippen molar-refractivity contribution in [1.82, 2.24) is 29.5 Å². The minimum Gasteiger partial charge on any atom is -0.454 e. The van der Waals surface area contributed by atoms with Crippen LogP contribution in [-0.2, 0) is 0 Å². The largest absolute Gasteiger partial charge is 0.454 e. The fourth-order valence-corrected chi connectivity index (χ4v) is 4.74. The van der Waals surface area contributed by atoms with Gasteiger partial charge in [0.05, 0.1) is 17.5 Å². The molecule has 1 amide bonds. The SMILES string of the molecule is CC(C)N1CCN(C(=O)c2cnn(-c3nccc(-c4cc5ccccc5o4)n3)c2C2CC2)CC1. The minimum atomic E-state index is 0.0602. The molecule has 3 aromatic heterocycles. The lowest BCUT2D eigenvalue weighted by atomic mass is 10.1. The molecule has 0 atom stereocenters. The first-order chi connectivity index (χ1) is 16.6. The van der Waals surface area contributed by atoms with Crippen molar-refractivity contribution in [3.8, 4) is 17.4 Å². The Balaban J connectivity index is 1.31. The molecule has 4 aromatic rings. The smallest absolute Gasteiger partial charge is 0.257 e. The summed E-state index contributed by atoms with van der Waals surface area (Å²) < 4.78 is 7.75. The number of fused-ring (bicyclic) bond motifs is 1. The number of aromatic nitrogens is 4. The molecule has 8 nitrogen and oxygen atoms in total. The van der Waals surface area contributed by atoms with E-state index in [-0.39, 0.29) is 5.91 Å². The highest BCUT2D eigenvalue weighted by Gasteiger charge is 2.35. The maximum Gasteiger partial charge on any atom is 0.257 e. The van der Waals surface area contributed by atoms with Crippen molar-refractivity contribution in [3.63, 3.8) is 0 Å². The van der Waals surface area contributed by atoms with Crippen LogP contribution < -0.4 is 0 Å². The van der Waals surface area contributed by atoms with Crippen molar-refractivity contribution in [2.24, 2.45) is 0 Å². The zero-order valence-electron chi connectivity index (χ0n) is 19.5. The predicted molar refractivity (Wildman–Crippen MR) is 129 cm³/mol. The van der Waals surface area contributed by atoms with E-state index < -0.39 is 0 Å². The van der Waals surface area contributed by atoms with Crippen LogP contribution in [0.2, 0.25) is 0 Å². The van der Waals surface area contributed by atoms with Crippen LogP contribution in [0.1, 0.15) is 48.7 Å². The molecule has 4 heterocycles. The second kappa shape index (κ2) is 8.36. The molecule has 0 unspecified atom stereocenters. The molecule has 6 rings (SSSR count). The van der Waals surface area contributed by atoms with Gasteiger partial charge in [0.1, 0.15) is 11.3 Å². The van der Waals surface area contributed by atoms with Gasteiger partial charge in [0, 0.05) is 49.7 Å². The van der Waals surface area contributed by atoms with Crippen molar-refractivity contribution >= 4 is 16.9 Å². The molecular weight excluding hydrogens is 428 g/mol. The third kappa shape index (κ3) is 3.77. The molecule has 8 heteroatoms. The monoisotopic (exact) mass is 456 g/mol. The Morgan fingerprint density at radius 1 is 1.09 bits per heavy atom. The molecule has 0 bridgehead atoms. The van der Waals surface area contributed by atoms with Crippen molar-refractivity contribution in [1.29, 1.82) is 0 Å². The predicted octanol–water partition coefficient (Wildman–Crippen LogP) is 4.12. The number of carbonyl (C=O) groups is 1. The van der Waals surface area contributed by atoms with Crippen molar-refractivity contribution in [2.75, 3.05) is 26.2 Å². The van der Waals surface area contributed by atoms with Gasteiger partial charge in [-0.2, -0.15) is 5.10 Å². The summed E-state index contributed by atoms with van der Waals surface area (Å²) in [6, 6.07) is 12.2. The average Bonchev–Trinajstić information content (AvgIpc) is 3.45. The molecule has 174 valence electrons. The van der Waals surface area contributed by atoms with Gasteiger partial charge in [-0.3, -0.25) is 9.69 Å². The van der Waals surface area contributed by atoms with E-state index in [1.54, 1.807) is 17.1 Å². The molecule has 1 aliphatic heterocycles. The Kier molecular flexibility index (Phi) is 5.17. The van der Waals surface area contributed by atoms with E-state index in [9.17, 15) is 4.79 Å². The van der Waals surface area contributed by atoms with E-state index in [2.05, 4.69) is 28.8 Å². The van der Waals surface area contributed by atoms with Gasteiger partial charge < -0.3 is 9.32 Å². The van der Waals surface area contributed by atoms with E-state index in [1.807, 2.05) is 41.3 Å². The van der Waals surface area contributed by atoms with Gasteiger partial charge >= 0.3 is 0 Å². The molecule has 0 spiro atoms. The Labute approximate surface area is 198 Å². The third-order valence-corrected chi connectivity index (χ3v) is 6.84. The molecule has 1 saturated heterocycles. The van der Waals surface area contributed by atoms with Gasteiger partial charge in [0.25, 0.3) is 11.9 Å². The maximum absolute atomic E-state index is 13.5. The number of amides is 1. The molecule has 34 heavy (non-hydrogen) atoms. The third-order valence-electron chi connectivity index (χ3n) is 6.84. The standard InChI is InChI=1S/C26H28N6O2/c1-17(2)30-11-13-31(14-12-30)25(33)20-16-28-32(24(20)18-7-8-18)26-27-10-9-21(29-26)23-15-19-5-3-4-6-22(19)34-23/h3-6,9-10,15-18H,7-8,11-14H2,1-2H3. The van der Waals surface area contributed by atoms with Gasteiger partial charge in [-0.25, -0.2) is 14.6 Å². The minimum absolute atomic E-state index is 0.0602. The Hall–Kier alpha value is -3.52. The summed E-state index contributed by atoms with van der Waals surface area (Å²) in [6.07, 6.45) is 5.52. The van der Waals surface area contributed by atoms with Gasteiger partial charge in [-0.1, -0.05) is 18.2 Å². The summed E-state index contributed by atoms with van der Waals surface area (Å²) in [5.41, 5.74) is 3.12. The number of piperazine rings is 1. The summed E-state index contributed by atoms with van der Waals surface area (Å²) in [6.45, 7) is 7.69. The van der Waals surface area contributed by atoms with Gasteiger partial charge in [-0.15, -0.1) is 0 Å². The normalized spacial score (nSPS) is 17.1. The first kappa shape index (κ1) is 21.0. The van der Waals surface area contributed by atoms with Crippen LogP contribution in [0, 0.1) is 0 Å². The zero-order valence-corrected chi connectivity index (χ0v) is 19.5. The molecule has 1 saturated carbocycles. The number of furan rings is 1. The number of para-hydroxylation sites is 1. The summed E-state index contributed by atoms with van der Waals surface area (Å²) in [5, 5.41) is 5.62. The number of hydrogen-bond acceptors (Lipinski definition) is 6. The Morgan fingerprint density at radius 2 is 1.88 bits per heavy atom. The molecule has 1 aliphatic carbocycles. The van der Waals surface area contributed by atoms with Crippen LogP contribution in [-0.4, -0.2) is 67.7 Å². The lowest BCUT2D eigenvalue weighted by molar-refractivity contribution is 0.0594. The van der Waals surface area contributed by atoms with E-state index in [4.69, 9.17) is 9.40 Å². The second-order valence-corrected chi connectivity index (χ2v) is 9.44. The van der Waals surface area contributed by atoms with Crippen LogP contribution in [0.3, 0.4) is 0 Å². The second-order valence-electron chi connectivity index (χ2n) is 9.44. The van der Waals surface area contributed by atoms with Crippen LogP contribution in [0.4, 0.5) is 0 Å². The van der Waals surface area contributed by atoms with Crippen molar-refractivity contribution < 1.29 is 9.21 Å². The maximum atomic E-state index is 13.5. The van der Waals surface area contributed by atoms with E-state index in [0.717, 1.165) is 55.7 Å². The first-order valence-corrected chi connectivity index (χ1v) is 12.0. The fourth-order valence-electron chi connectivity index (χ4n) is 4.74. The van der Waals surface area contributed by atoms with Crippen LogP contribution >= 0.6 is 0 Å². The van der Waals surface area contributed by atoms with E-state index >= 15 is 0 Å². The van der Waals surface area contributed by atoms with Crippen LogP contribution in [0.5, 0.6) is 0 Å². The van der Waals surface area contributed by atoms with Crippen LogP contribution in [0.25, 0.3) is 28.4 Å². The topological polar surface area (TPSA) is 80.3 Å². The lowest BCUT2D eigenvalue weighted by Crippen LogP contribution is -2.50. The quantitative estimate of drug-likeness (QED) is 0.449. The molecular formula is C26H28N6O2. The van der Waals surface area contributed by atoms with Gasteiger partial charge in [-0.05, 0) is 44.9 Å². The fraction of sp³-hybridized carbons (Fsp3) is 0.385. The molecule has 2 fully saturated rings. The summed E-state index contributed by atoms with van der Waals surface area (Å²) >= 11 is 0. The highest BCUT2D eigenvalue weighted by atomic mass is 16.3. The Bertz CT molecular complexity index is 1310. The average molecular weight is 457 g/mol. The molecule has 0 radical (unpaired) electrons. The molecule has 1 aromatic carbocycles. The number of nitrogens with zero attached hydrogens (tertiary/aromatic N) is 6. The zero-order chi connectivity index (χ0) is 23.2.